The van der Waals surface area contributed by atoms with E-state index in [1.807, 2.05) is 0 Å². The number of pyridine rings is 1. The molecule has 1 aliphatic carbocycles. The summed E-state index contributed by atoms with van der Waals surface area (Å²) < 4.78 is 83.5. The molecule has 0 aromatic carbocycles. The molecular formula is C11H7F6NO. The zero-order chi connectivity index (χ0) is 14.5. The maximum absolute atomic E-state index is 13.4. The van der Waals surface area contributed by atoms with Crippen molar-refractivity contribution in [2.24, 2.45) is 0 Å². The lowest BCUT2D eigenvalue weighted by atomic mass is 10.1. The van der Waals surface area contributed by atoms with Crippen LogP contribution >= 0.6 is 0 Å². The van der Waals surface area contributed by atoms with E-state index >= 15 is 0 Å². The molecule has 0 aliphatic heterocycles. The minimum absolute atomic E-state index is 0.0419. The largest absolute Gasteiger partial charge is 0.497 e. The predicted molar refractivity (Wildman–Crippen MR) is 53.6 cm³/mol. The van der Waals surface area contributed by atoms with Crippen molar-refractivity contribution < 1.29 is 31.1 Å². The second kappa shape index (κ2) is 3.88. The smallest absolute Gasteiger partial charge is 0.380 e. The van der Waals surface area contributed by atoms with Crippen LogP contribution in [0.3, 0.4) is 0 Å². The van der Waals surface area contributed by atoms with E-state index in [2.05, 4.69) is 4.98 Å². The Morgan fingerprint density at radius 3 is 2.21 bits per heavy atom. The van der Waals surface area contributed by atoms with Crippen molar-refractivity contribution in [1.82, 2.24) is 4.98 Å². The fourth-order valence-corrected chi connectivity index (χ4v) is 1.66. The molecule has 1 heterocycles. The lowest BCUT2D eigenvalue weighted by molar-refractivity contribution is -0.257. The van der Waals surface area contributed by atoms with Crippen LogP contribution < -0.4 is 4.74 Å². The first-order valence-electron chi connectivity index (χ1n) is 5.00. The molecule has 8 heteroatoms. The van der Waals surface area contributed by atoms with E-state index in [-0.39, 0.29) is 5.75 Å². The van der Waals surface area contributed by atoms with Gasteiger partial charge >= 0.3 is 17.8 Å². The Morgan fingerprint density at radius 1 is 1.11 bits per heavy atom. The van der Waals surface area contributed by atoms with Gasteiger partial charge in [0.2, 0.25) is 0 Å². The number of allylic oxidation sites excluding steroid dienone is 2. The van der Waals surface area contributed by atoms with Gasteiger partial charge in [-0.2, -0.15) is 26.3 Å². The zero-order valence-corrected chi connectivity index (χ0v) is 9.43. The van der Waals surface area contributed by atoms with Crippen molar-refractivity contribution >= 4 is 5.57 Å². The van der Waals surface area contributed by atoms with Gasteiger partial charge in [0.05, 0.1) is 18.4 Å². The molecule has 0 atom stereocenters. The summed E-state index contributed by atoms with van der Waals surface area (Å²) in [5, 5.41) is 0. The molecular weight excluding hydrogens is 276 g/mol. The van der Waals surface area contributed by atoms with Crippen molar-refractivity contribution in [3.63, 3.8) is 0 Å². The molecule has 0 saturated heterocycles. The molecule has 0 radical (unpaired) electrons. The lowest BCUT2D eigenvalue weighted by Gasteiger charge is -2.24. The zero-order valence-electron chi connectivity index (χ0n) is 9.43. The van der Waals surface area contributed by atoms with Gasteiger partial charge in [-0.15, -0.1) is 0 Å². The summed E-state index contributed by atoms with van der Waals surface area (Å²) in [6.07, 6.45) is 0.550. The second-order valence-electron chi connectivity index (χ2n) is 3.91. The Hall–Kier alpha value is -1.73. The van der Waals surface area contributed by atoms with E-state index in [9.17, 15) is 26.3 Å². The molecule has 1 aromatic rings. The highest BCUT2D eigenvalue weighted by Crippen LogP contribution is 2.58. The third kappa shape index (κ3) is 1.77. The van der Waals surface area contributed by atoms with Crippen LogP contribution in [0, 0.1) is 0 Å². The average molecular weight is 283 g/mol. The van der Waals surface area contributed by atoms with E-state index in [0.29, 0.717) is 0 Å². The Balaban J connectivity index is 2.56. The number of hydrogen-bond acceptors (Lipinski definition) is 2. The van der Waals surface area contributed by atoms with E-state index in [1.165, 1.54) is 13.2 Å². The third-order valence-electron chi connectivity index (χ3n) is 2.72. The third-order valence-corrected chi connectivity index (χ3v) is 2.72. The van der Waals surface area contributed by atoms with Gasteiger partial charge in [-0.3, -0.25) is 4.98 Å². The van der Waals surface area contributed by atoms with E-state index in [1.54, 1.807) is 0 Å². The van der Waals surface area contributed by atoms with Gasteiger partial charge < -0.3 is 4.74 Å². The van der Waals surface area contributed by atoms with Gasteiger partial charge in [-0.05, 0) is 6.07 Å². The molecule has 0 amide bonds. The monoisotopic (exact) mass is 283 g/mol. The van der Waals surface area contributed by atoms with Crippen molar-refractivity contribution in [2.45, 2.75) is 17.8 Å². The van der Waals surface area contributed by atoms with Crippen LogP contribution in [0.5, 0.6) is 5.75 Å². The predicted octanol–water partition coefficient (Wildman–Crippen LogP) is 3.39. The van der Waals surface area contributed by atoms with Crippen molar-refractivity contribution in [2.75, 3.05) is 7.11 Å². The number of nitrogens with zero attached hydrogens (tertiary/aromatic N) is 1. The minimum Gasteiger partial charge on any atom is -0.497 e. The van der Waals surface area contributed by atoms with Crippen LogP contribution in [0.2, 0.25) is 0 Å². The standard InChI is InChI=1S/C11H7F6NO/c1-19-6-2-3-18-8(4-6)7-5-9(12,13)11(16,17)10(7,14)15/h2-5H,1H3. The summed E-state index contributed by atoms with van der Waals surface area (Å²) in [6, 6.07) is 2.16. The SMILES string of the molecule is COc1ccnc(C2=CC(F)(F)C(F)(F)C2(F)F)c1. The van der Waals surface area contributed by atoms with Crippen LogP contribution in [0.4, 0.5) is 26.3 Å². The summed E-state index contributed by atoms with van der Waals surface area (Å²) in [6.45, 7) is 0. The highest BCUT2D eigenvalue weighted by molar-refractivity contribution is 5.74. The first-order valence-corrected chi connectivity index (χ1v) is 5.00. The Morgan fingerprint density at radius 2 is 1.74 bits per heavy atom. The fourth-order valence-electron chi connectivity index (χ4n) is 1.66. The highest BCUT2D eigenvalue weighted by Gasteiger charge is 2.77. The fraction of sp³-hybridized carbons (Fsp3) is 0.364. The molecule has 2 nitrogen and oxygen atoms in total. The van der Waals surface area contributed by atoms with Crippen LogP contribution in [-0.4, -0.2) is 29.9 Å². The molecule has 19 heavy (non-hydrogen) atoms. The van der Waals surface area contributed by atoms with Gasteiger partial charge in [0, 0.05) is 18.3 Å². The Bertz CT molecular complexity index is 540. The summed E-state index contributed by atoms with van der Waals surface area (Å²) in [7, 11) is 1.21. The number of methoxy groups -OCH3 is 1. The first kappa shape index (κ1) is 13.7. The maximum atomic E-state index is 13.4. The molecule has 1 aromatic heterocycles. The van der Waals surface area contributed by atoms with Gasteiger partial charge in [0.25, 0.3) is 0 Å². The molecule has 104 valence electrons. The van der Waals surface area contributed by atoms with E-state index < -0.39 is 35.1 Å². The number of rotatable bonds is 2. The number of halogens is 6. The topological polar surface area (TPSA) is 22.1 Å². The average Bonchev–Trinajstić information content (AvgIpc) is 2.47. The molecule has 0 bridgehead atoms. The van der Waals surface area contributed by atoms with Crippen LogP contribution in [0.25, 0.3) is 5.57 Å². The Labute approximate surface area is 103 Å². The number of aromatic nitrogens is 1. The van der Waals surface area contributed by atoms with Gasteiger partial charge in [-0.25, -0.2) is 0 Å². The normalized spacial score (nSPS) is 23.0. The molecule has 1 aliphatic rings. The minimum atomic E-state index is -5.49. The summed E-state index contributed by atoms with van der Waals surface area (Å²) in [4.78, 5) is 3.40. The summed E-state index contributed by atoms with van der Waals surface area (Å²) in [5.74, 6) is -15.4. The first-order chi connectivity index (χ1) is 8.63. The van der Waals surface area contributed by atoms with Crippen molar-refractivity contribution in [1.29, 1.82) is 0 Å². The Kier molecular flexibility index (Phi) is 2.80. The van der Waals surface area contributed by atoms with Gasteiger partial charge in [-0.1, -0.05) is 0 Å². The second-order valence-corrected chi connectivity index (χ2v) is 3.91. The molecule has 0 N–H and O–H groups in total. The van der Waals surface area contributed by atoms with Gasteiger partial charge in [0.15, 0.2) is 0 Å². The van der Waals surface area contributed by atoms with Crippen LogP contribution in [-0.2, 0) is 0 Å². The molecule has 0 saturated carbocycles. The highest BCUT2D eigenvalue weighted by atomic mass is 19.3. The lowest BCUT2D eigenvalue weighted by Crippen LogP contribution is -2.48. The van der Waals surface area contributed by atoms with Crippen molar-refractivity contribution in [3.05, 3.63) is 30.1 Å². The molecule has 2 rings (SSSR count). The molecule has 0 spiro atoms. The maximum Gasteiger partial charge on any atom is 0.380 e. The quantitative estimate of drug-likeness (QED) is 0.776. The summed E-state index contributed by atoms with van der Waals surface area (Å²) in [5.41, 5.74) is -2.19. The van der Waals surface area contributed by atoms with Gasteiger partial charge in [0.1, 0.15) is 5.75 Å². The molecule has 0 unspecified atom stereocenters. The van der Waals surface area contributed by atoms with E-state index in [0.717, 1.165) is 12.3 Å². The summed E-state index contributed by atoms with van der Waals surface area (Å²) >= 11 is 0. The number of alkyl halides is 6. The van der Waals surface area contributed by atoms with Crippen LogP contribution in [0.1, 0.15) is 5.69 Å². The van der Waals surface area contributed by atoms with Crippen molar-refractivity contribution in [3.8, 4) is 5.75 Å². The number of ether oxygens (including phenoxy) is 1. The van der Waals surface area contributed by atoms with E-state index in [4.69, 9.17) is 4.74 Å². The molecule has 0 fully saturated rings. The van der Waals surface area contributed by atoms with Crippen LogP contribution in [0.15, 0.2) is 24.4 Å². The number of hydrogen-bond donors (Lipinski definition) is 0.